The zero-order chi connectivity index (χ0) is 25.4. The highest BCUT2D eigenvalue weighted by molar-refractivity contribution is 6.30. The number of amides is 1. The summed E-state index contributed by atoms with van der Waals surface area (Å²) in [4.78, 5) is 27.1. The Hall–Kier alpha value is -3.77. The van der Waals surface area contributed by atoms with Crippen molar-refractivity contribution in [1.82, 2.24) is 5.32 Å². The van der Waals surface area contributed by atoms with Gasteiger partial charge in [0, 0.05) is 46.0 Å². The fraction of sp³-hybridized carbons (Fsp3) is 0.172. The SMILES string of the molecule is CC1=C(C(=O)Nc2ccc(F)cc2F)[C@@H](c2ccc(Cl)cc2)C2=C(C[C@H](c3ccccc3)CC2=O)N1. The molecule has 0 spiro atoms. The normalized spacial score (nSPS) is 19.6. The van der Waals surface area contributed by atoms with E-state index in [1.54, 1.807) is 31.2 Å². The largest absolute Gasteiger partial charge is 0.362 e. The van der Waals surface area contributed by atoms with Crippen molar-refractivity contribution in [1.29, 1.82) is 0 Å². The molecule has 36 heavy (non-hydrogen) atoms. The fourth-order valence-corrected chi connectivity index (χ4v) is 5.20. The first-order valence-corrected chi connectivity index (χ1v) is 12.0. The summed E-state index contributed by atoms with van der Waals surface area (Å²) in [5.41, 5.74) is 3.84. The zero-order valence-corrected chi connectivity index (χ0v) is 20.2. The lowest BCUT2D eigenvalue weighted by Crippen LogP contribution is -2.37. The van der Waals surface area contributed by atoms with Crippen molar-refractivity contribution in [2.75, 3.05) is 5.32 Å². The van der Waals surface area contributed by atoms with Crippen LogP contribution in [0.2, 0.25) is 5.02 Å². The number of carbonyl (C=O) groups excluding carboxylic acids is 2. The van der Waals surface area contributed by atoms with E-state index in [1.807, 2.05) is 30.3 Å². The third kappa shape index (κ3) is 4.56. The molecule has 2 atom stereocenters. The van der Waals surface area contributed by atoms with Crippen LogP contribution in [-0.2, 0) is 9.59 Å². The number of hydrogen-bond donors (Lipinski definition) is 2. The Balaban J connectivity index is 1.56. The van der Waals surface area contributed by atoms with Gasteiger partial charge in [0.1, 0.15) is 11.6 Å². The molecule has 182 valence electrons. The van der Waals surface area contributed by atoms with Crippen LogP contribution in [0.3, 0.4) is 0 Å². The molecule has 2 aliphatic rings. The number of Topliss-reactive ketones (excluding diaryl/α,β-unsaturated/α-hetero) is 1. The summed E-state index contributed by atoms with van der Waals surface area (Å²) in [6, 6.07) is 19.8. The molecule has 3 aromatic carbocycles. The number of dihydropyridines is 1. The van der Waals surface area contributed by atoms with E-state index in [2.05, 4.69) is 10.6 Å². The van der Waals surface area contributed by atoms with E-state index in [0.29, 0.717) is 40.8 Å². The Bertz CT molecular complexity index is 1410. The van der Waals surface area contributed by atoms with Crippen LogP contribution in [0, 0.1) is 11.6 Å². The second kappa shape index (κ2) is 9.70. The van der Waals surface area contributed by atoms with Gasteiger partial charge >= 0.3 is 0 Å². The Morgan fingerprint density at radius 1 is 0.972 bits per heavy atom. The maximum atomic E-state index is 14.3. The summed E-state index contributed by atoms with van der Waals surface area (Å²) < 4.78 is 27.7. The summed E-state index contributed by atoms with van der Waals surface area (Å²) in [7, 11) is 0. The molecule has 0 saturated heterocycles. The fourth-order valence-electron chi connectivity index (χ4n) is 5.07. The number of allylic oxidation sites excluding steroid dienone is 3. The summed E-state index contributed by atoms with van der Waals surface area (Å²) in [6.07, 6.45) is 0.934. The van der Waals surface area contributed by atoms with Gasteiger partial charge in [-0.05, 0) is 54.7 Å². The average molecular weight is 505 g/mol. The molecule has 0 bridgehead atoms. The van der Waals surface area contributed by atoms with Crippen molar-refractivity contribution in [2.45, 2.75) is 31.6 Å². The number of hydrogen-bond acceptors (Lipinski definition) is 3. The van der Waals surface area contributed by atoms with Crippen molar-refractivity contribution >= 4 is 29.0 Å². The van der Waals surface area contributed by atoms with Crippen molar-refractivity contribution in [3.05, 3.63) is 123 Å². The first-order chi connectivity index (χ1) is 17.3. The highest BCUT2D eigenvalue weighted by Crippen LogP contribution is 2.45. The summed E-state index contributed by atoms with van der Waals surface area (Å²) in [5.74, 6) is -2.89. The smallest absolute Gasteiger partial charge is 0.254 e. The molecule has 1 aliphatic carbocycles. The van der Waals surface area contributed by atoms with Gasteiger partial charge in [0.05, 0.1) is 5.69 Å². The number of carbonyl (C=O) groups is 2. The third-order valence-corrected chi connectivity index (χ3v) is 6.98. The monoisotopic (exact) mass is 504 g/mol. The molecule has 0 radical (unpaired) electrons. The molecule has 0 saturated carbocycles. The predicted molar refractivity (Wildman–Crippen MR) is 135 cm³/mol. The van der Waals surface area contributed by atoms with Crippen LogP contribution < -0.4 is 10.6 Å². The van der Waals surface area contributed by atoms with E-state index >= 15 is 0 Å². The second-order valence-corrected chi connectivity index (χ2v) is 9.49. The zero-order valence-electron chi connectivity index (χ0n) is 19.4. The molecule has 1 heterocycles. The predicted octanol–water partition coefficient (Wildman–Crippen LogP) is 6.62. The molecular weight excluding hydrogens is 482 g/mol. The number of halogens is 3. The highest BCUT2D eigenvalue weighted by atomic mass is 35.5. The van der Waals surface area contributed by atoms with Crippen molar-refractivity contribution < 1.29 is 18.4 Å². The Kier molecular flexibility index (Phi) is 6.46. The van der Waals surface area contributed by atoms with Crippen LogP contribution in [0.25, 0.3) is 0 Å². The Morgan fingerprint density at radius 3 is 2.39 bits per heavy atom. The maximum Gasteiger partial charge on any atom is 0.254 e. The maximum absolute atomic E-state index is 14.3. The molecule has 3 aromatic rings. The van der Waals surface area contributed by atoms with Gasteiger partial charge in [-0.1, -0.05) is 54.1 Å². The molecule has 0 aromatic heterocycles. The van der Waals surface area contributed by atoms with E-state index < -0.39 is 23.5 Å². The Morgan fingerprint density at radius 2 is 1.69 bits per heavy atom. The molecule has 1 amide bonds. The molecule has 5 rings (SSSR count). The number of nitrogens with one attached hydrogen (secondary N) is 2. The van der Waals surface area contributed by atoms with Gasteiger partial charge < -0.3 is 10.6 Å². The van der Waals surface area contributed by atoms with Gasteiger partial charge in [-0.3, -0.25) is 9.59 Å². The van der Waals surface area contributed by atoms with Gasteiger partial charge in [-0.15, -0.1) is 0 Å². The van der Waals surface area contributed by atoms with Crippen LogP contribution in [-0.4, -0.2) is 11.7 Å². The van der Waals surface area contributed by atoms with E-state index in [4.69, 9.17) is 11.6 Å². The van der Waals surface area contributed by atoms with Crippen LogP contribution >= 0.6 is 11.6 Å². The minimum absolute atomic E-state index is 0.0207. The minimum Gasteiger partial charge on any atom is -0.362 e. The summed E-state index contributed by atoms with van der Waals surface area (Å²) >= 11 is 6.11. The standard InChI is InChI=1S/C29H23ClF2N2O2/c1-16-26(29(36)34-23-12-11-21(31)15-22(23)32)27(18-7-9-20(30)10-8-18)28-24(33-16)13-19(14-25(28)35)17-5-3-2-4-6-17/h2-12,15,19,27,33H,13-14H2,1H3,(H,34,36)/t19-,27+/m0/s1. The van der Waals surface area contributed by atoms with Crippen molar-refractivity contribution in [3.8, 4) is 0 Å². The minimum atomic E-state index is -0.882. The molecule has 7 heteroatoms. The number of benzene rings is 3. The first kappa shape index (κ1) is 23.9. The Labute approximate surface area is 212 Å². The highest BCUT2D eigenvalue weighted by Gasteiger charge is 2.41. The lowest BCUT2D eigenvalue weighted by atomic mass is 9.71. The van der Waals surface area contributed by atoms with Gasteiger partial charge in [0.25, 0.3) is 5.91 Å². The van der Waals surface area contributed by atoms with E-state index in [0.717, 1.165) is 22.9 Å². The van der Waals surface area contributed by atoms with Crippen molar-refractivity contribution in [3.63, 3.8) is 0 Å². The second-order valence-electron chi connectivity index (χ2n) is 9.06. The lowest BCUT2D eigenvalue weighted by Gasteiger charge is -2.37. The molecule has 0 fully saturated rings. The first-order valence-electron chi connectivity index (χ1n) is 11.6. The summed E-state index contributed by atoms with van der Waals surface area (Å²) in [6.45, 7) is 1.76. The van der Waals surface area contributed by atoms with Gasteiger partial charge in [0.15, 0.2) is 5.78 Å². The quantitative estimate of drug-likeness (QED) is 0.420. The molecule has 1 aliphatic heterocycles. The van der Waals surface area contributed by atoms with Crippen LogP contribution in [0.15, 0.2) is 95.3 Å². The lowest BCUT2D eigenvalue weighted by molar-refractivity contribution is -0.116. The summed E-state index contributed by atoms with van der Waals surface area (Å²) in [5, 5.41) is 6.38. The van der Waals surface area contributed by atoms with Crippen LogP contribution in [0.5, 0.6) is 0 Å². The number of anilines is 1. The molecule has 4 nitrogen and oxygen atoms in total. The molecule has 2 N–H and O–H groups in total. The number of ketones is 1. The molecule has 0 unspecified atom stereocenters. The topological polar surface area (TPSA) is 58.2 Å². The van der Waals surface area contributed by atoms with Gasteiger partial charge in [-0.25, -0.2) is 8.78 Å². The van der Waals surface area contributed by atoms with E-state index in [9.17, 15) is 18.4 Å². The average Bonchev–Trinajstić information content (AvgIpc) is 2.85. The van der Waals surface area contributed by atoms with Gasteiger partial charge in [-0.2, -0.15) is 0 Å². The number of rotatable bonds is 4. The van der Waals surface area contributed by atoms with Crippen molar-refractivity contribution in [2.24, 2.45) is 0 Å². The van der Waals surface area contributed by atoms with E-state index in [-0.39, 0.29) is 17.4 Å². The van der Waals surface area contributed by atoms with Crippen LogP contribution in [0.4, 0.5) is 14.5 Å². The van der Waals surface area contributed by atoms with Gasteiger partial charge in [0.2, 0.25) is 0 Å². The third-order valence-electron chi connectivity index (χ3n) is 6.73. The molecular formula is C29H23ClF2N2O2. The van der Waals surface area contributed by atoms with E-state index in [1.165, 1.54) is 6.07 Å². The van der Waals surface area contributed by atoms with Crippen LogP contribution in [0.1, 0.15) is 42.7 Å².